The maximum Gasteiger partial charge on any atom is 0.255 e. The summed E-state index contributed by atoms with van der Waals surface area (Å²) in [5, 5.41) is 2.92. The lowest BCUT2D eigenvalue weighted by atomic mass is 9.99. The first-order chi connectivity index (χ1) is 13.6. The van der Waals surface area contributed by atoms with Gasteiger partial charge >= 0.3 is 0 Å². The van der Waals surface area contributed by atoms with E-state index in [2.05, 4.69) is 17.4 Å². The van der Waals surface area contributed by atoms with Crippen molar-refractivity contribution in [1.82, 2.24) is 4.90 Å². The average Bonchev–Trinajstić information content (AvgIpc) is 2.74. The number of carbonyl (C=O) groups is 2. The zero-order chi connectivity index (χ0) is 19.5. The Labute approximate surface area is 164 Å². The Hall–Kier alpha value is -3.40. The van der Waals surface area contributed by atoms with Crippen LogP contribution in [0.2, 0.25) is 0 Å². The third-order valence-corrected chi connectivity index (χ3v) is 5.18. The van der Waals surface area contributed by atoms with Gasteiger partial charge in [-0.2, -0.15) is 0 Å². The molecule has 1 aliphatic heterocycles. The van der Waals surface area contributed by atoms with E-state index in [0.717, 1.165) is 17.7 Å². The molecule has 0 fully saturated rings. The molecular formula is C24H22N2O2. The predicted molar refractivity (Wildman–Crippen MR) is 110 cm³/mol. The molecule has 1 heterocycles. The number of para-hydroxylation sites is 1. The summed E-state index contributed by atoms with van der Waals surface area (Å²) in [7, 11) is 0. The quantitative estimate of drug-likeness (QED) is 0.741. The number of fused-ring (bicyclic) bond motifs is 1. The molecule has 0 atom stereocenters. The van der Waals surface area contributed by atoms with Crippen LogP contribution in [0.3, 0.4) is 0 Å². The molecule has 0 bridgehead atoms. The molecule has 0 saturated heterocycles. The molecule has 0 saturated carbocycles. The van der Waals surface area contributed by atoms with Gasteiger partial charge in [0.25, 0.3) is 11.8 Å². The van der Waals surface area contributed by atoms with Crippen LogP contribution >= 0.6 is 0 Å². The molecule has 0 aromatic heterocycles. The average molecular weight is 370 g/mol. The minimum Gasteiger partial charge on any atom is -0.334 e. The summed E-state index contributed by atoms with van der Waals surface area (Å²) in [6.07, 6.45) is 0.857. The minimum absolute atomic E-state index is 0.0416. The Morgan fingerprint density at radius 3 is 2.39 bits per heavy atom. The molecule has 4 heteroatoms. The van der Waals surface area contributed by atoms with Crippen LogP contribution in [0, 0.1) is 6.92 Å². The Balaban J connectivity index is 1.51. The zero-order valence-electron chi connectivity index (χ0n) is 15.8. The number of nitrogens with one attached hydrogen (secondary N) is 1. The first-order valence-electron chi connectivity index (χ1n) is 9.45. The van der Waals surface area contributed by atoms with E-state index in [9.17, 15) is 9.59 Å². The van der Waals surface area contributed by atoms with E-state index in [1.165, 1.54) is 11.1 Å². The number of aryl methyl sites for hydroxylation is 1. The summed E-state index contributed by atoms with van der Waals surface area (Å²) in [6, 6.07) is 22.8. The molecule has 140 valence electrons. The van der Waals surface area contributed by atoms with E-state index in [4.69, 9.17) is 0 Å². The van der Waals surface area contributed by atoms with Crippen LogP contribution in [-0.4, -0.2) is 23.3 Å². The van der Waals surface area contributed by atoms with Crippen LogP contribution < -0.4 is 5.32 Å². The number of benzene rings is 3. The molecule has 0 unspecified atom stereocenters. The van der Waals surface area contributed by atoms with Gasteiger partial charge in [-0.25, -0.2) is 0 Å². The Kier molecular flexibility index (Phi) is 4.94. The van der Waals surface area contributed by atoms with E-state index in [0.29, 0.717) is 24.2 Å². The largest absolute Gasteiger partial charge is 0.334 e. The van der Waals surface area contributed by atoms with Crippen molar-refractivity contribution in [2.24, 2.45) is 0 Å². The van der Waals surface area contributed by atoms with Crippen LogP contribution in [0.1, 0.15) is 37.4 Å². The summed E-state index contributed by atoms with van der Waals surface area (Å²) >= 11 is 0. The monoisotopic (exact) mass is 370 g/mol. The number of carbonyl (C=O) groups excluding carboxylic acids is 2. The summed E-state index contributed by atoms with van der Waals surface area (Å²) in [5.74, 6) is -0.256. The van der Waals surface area contributed by atoms with Gasteiger partial charge in [0.2, 0.25) is 0 Å². The van der Waals surface area contributed by atoms with Crippen LogP contribution in [0.25, 0.3) is 0 Å². The molecule has 4 rings (SSSR count). The van der Waals surface area contributed by atoms with E-state index in [1.54, 1.807) is 24.3 Å². The Bertz CT molecular complexity index is 1040. The molecule has 3 aromatic carbocycles. The van der Waals surface area contributed by atoms with Crippen LogP contribution in [0.15, 0.2) is 72.8 Å². The highest BCUT2D eigenvalue weighted by molar-refractivity contribution is 6.06. The van der Waals surface area contributed by atoms with Crippen molar-refractivity contribution in [2.45, 2.75) is 19.9 Å². The first-order valence-corrected chi connectivity index (χ1v) is 9.45. The number of amides is 2. The highest BCUT2D eigenvalue weighted by Crippen LogP contribution is 2.21. The maximum atomic E-state index is 13.0. The second kappa shape index (κ2) is 7.69. The summed E-state index contributed by atoms with van der Waals surface area (Å²) in [6.45, 7) is 3.24. The number of anilines is 1. The van der Waals surface area contributed by atoms with E-state index in [-0.39, 0.29) is 11.8 Å². The standard InChI is InChI=1S/C24H22N2O2/c1-17-7-2-5-12-22(17)25-23(27)19-10-6-11-20(15-19)24(28)26-14-13-18-8-3-4-9-21(18)16-26/h2-12,15H,13-14,16H2,1H3,(H,25,27). The molecule has 28 heavy (non-hydrogen) atoms. The van der Waals surface area contributed by atoms with Crippen LogP contribution in [0.5, 0.6) is 0 Å². The number of nitrogens with zero attached hydrogens (tertiary/aromatic N) is 1. The maximum absolute atomic E-state index is 13.0. The molecule has 0 aliphatic carbocycles. The highest BCUT2D eigenvalue weighted by atomic mass is 16.2. The van der Waals surface area contributed by atoms with Gasteiger partial charge in [0.05, 0.1) is 0 Å². The second-order valence-corrected chi connectivity index (χ2v) is 7.10. The van der Waals surface area contributed by atoms with Gasteiger partial charge in [0, 0.05) is 29.9 Å². The van der Waals surface area contributed by atoms with Crippen molar-refractivity contribution >= 4 is 17.5 Å². The van der Waals surface area contributed by atoms with Crippen molar-refractivity contribution in [3.05, 3.63) is 101 Å². The van der Waals surface area contributed by atoms with Crippen molar-refractivity contribution in [3.63, 3.8) is 0 Å². The first kappa shape index (κ1) is 18.0. The highest BCUT2D eigenvalue weighted by Gasteiger charge is 2.22. The van der Waals surface area contributed by atoms with Crippen molar-refractivity contribution in [3.8, 4) is 0 Å². The van der Waals surface area contributed by atoms with Gasteiger partial charge in [-0.3, -0.25) is 9.59 Å². The fraction of sp³-hybridized carbons (Fsp3) is 0.167. The minimum atomic E-state index is -0.215. The summed E-state index contributed by atoms with van der Waals surface area (Å²) < 4.78 is 0. The van der Waals surface area contributed by atoms with E-state index >= 15 is 0 Å². The van der Waals surface area contributed by atoms with Gasteiger partial charge in [-0.15, -0.1) is 0 Å². The molecule has 0 spiro atoms. The SMILES string of the molecule is Cc1ccccc1NC(=O)c1cccc(C(=O)N2CCc3ccccc3C2)c1. The molecule has 4 nitrogen and oxygen atoms in total. The second-order valence-electron chi connectivity index (χ2n) is 7.10. The summed E-state index contributed by atoms with van der Waals surface area (Å²) in [4.78, 5) is 27.5. The fourth-order valence-electron chi connectivity index (χ4n) is 3.55. The summed E-state index contributed by atoms with van der Waals surface area (Å²) in [5.41, 5.74) is 5.28. The van der Waals surface area contributed by atoms with Gasteiger partial charge in [-0.05, 0) is 54.3 Å². The van der Waals surface area contributed by atoms with E-state index in [1.807, 2.05) is 48.2 Å². The van der Waals surface area contributed by atoms with Gasteiger partial charge < -0.3 is 10.2 Å². The van der Waals surface area contributed by atoms with Crippen LogP contribution in [-0.2, 0) is 13.0 Å². The molecule has 0 radical (unpaired) electrons. The van der Waals surface area contributed by atoms with Gasteiger partial charge in [0.1, 0.15) is 0 Å². The molecule has 3 aromatic rings. The predicted octanol–water partition coefficient (Wildman–Crippen LogP) is 4.45. The number of hydrogen-bond donors (Lipinski definition) is 1. The van der Waals surface area contributed by atoms with E-state index < -0.39 is 0 Å². The zero-order valence-corrected chi connectivity index (χ0v) is 15.8. The smallest absolute Gasteiger partial charge is 0.255 e. The molecule has 1 N–H and O–H groups in total. The van der Waals surface area contributed by atoms with Gasteiger partial charge in [-0.1, -0.05) is 48.5 Å². The van der Waals surface area contributed by atoms with Gasteiger partial charge in [0.15, 0.2) is 0 Å². The molecular weight excluding hydrogens is 348 g/mol. The Morgan fingerprint density at radius 1 is 0.857 bits per heavy atom. The van der Waals surface area contributed by atoms with Crippen molar-refractivity contribution in [1.29, 1.82) is 0 Å². The molecule has 2 amide bonds. The van der Waals surface area contributed by atoms with Crippen molar-refractivity contribution < 1.29 is 9.59 Å². The number of rotatable bonds is 3. The third kappa shape index (κ3) is 3.67. The topological polar surface area (TPSA) is 49.4 Å². The lowest BCUT2D eigenvalue weighted by Gasteiger charge is -2.29. The normalized spacial score (nSPS) is 13.0. The fourth-order valence-corrected chi connectivity index (χ4v) is 3.55. The lowest BCUT2D eigenvalue weighted by molar-refractivity contribution is 0.0734. The van der Waals surface area contributed by atoms with Crippen molar-refractivity contribution in [2.75, 3.05) is 11.9 Å². The lowest BCUT2D eigenvalue weighted by Crippen LogP contribution is -2.36. The van der Waals surface area contributed by atoms with Crippen LogP contribution in [0.4, 0.5) is 5.69 Å². The third-order valence-electron chi connectivity index (χ3n) is 5.18. The molecule has 1 aliphatic rings. The number of hydrogen-bond acceptors (Lipinski definition) is 2. The Morgan fingerprint density at radius 2 is 1.57 bits per heavy atom.